The van der Waals surface area contributed by atoms with Crippen molar-refractivity contribution in [2.75, 3.05) is 13.6 Å². The number of nitrogens with one attached hydrogen (secondary N) is 1. The largest absolute Gasteiger partial charge is 0.350 e. The lowest BCUT2D eigenvalue weighted by Crippen LogP contribution is -2.40. The van der Waals surface area contributed by atoms with Gasteiger partial charge in [-0.1, -0.05) is 30.3 Å². The minimum Gasteiger partial charge on any atom is -0.350 e. The van der Waals surface area contributed by atoms with Crippen LogP contribution >= 0.6 is 0 Å². The Morgan fingerprint density at radius 1 is 1.17 bits per heavy atom. The smallest absolute Gasteiger partial charge is 0.255 e. The average Bonchev–Trinajstić information content (AvgIpc) is 3.00. The average molecular weight is 412 g/mol. The van der Waals surface area contributed by atoms with E-state index in [-0.39, 0.29) is 17.6 Å². The summed E-state index contributed by atoms with van der Waals surface area (Å²) >= 11 is 0. The van der Waals surface area contributed by atoms with Crippen molar-refractivity contribution in [2.45, 2.75) is 33.4 Å². The first-order valence-corrected chi connectivity index (χ1v) is 9.82. The van der Waals surface area contributed by atoms with E-state index in [9.17, 15) is 13.6 Å². The molecule has 0 radical (unpaired) electrons. The van der Waals surface area contributed by atoms with E-state index >= 15 is 0 Å². The Morgan fingerprint density at radius 3 is 2.53 bits per heavy atom. The minimum absolute atomic E-state index is 0.104. The van der Waals surface area contributed by atoms with Crippen molar-refractivity contribution in [3.05, 3.63) is 82.7 Å². The molecule has 0 spiro atoms. The Balaban J connectivity index is 1.69. The second-order valence-corrected chi connectivity index (χ2v) is 7.51. The third-order valence-corrected chi connectivity index (χ3v) is 5.24. The van der Waals surface area contributed by atoms with Gasteiger partial charge in [-0.2, -0.15) is 5.10 Å². The number of aryl methyl sites for hydroxylation is 1. The molecule has 2 aromatic carbocycles. The number of hydrogen-bond acceptors (Lipinski definition) is 3. The first-order valence-electron chi connectivity index (χ1n) is 9.82. The fraction of sp³-hybridized carbons (Fsp3) is 0.304. The van der Waals surface area contributed by atoms with Crippen molar-refractivity contribution in [3.8, 4) is 5.69 Å². The molecule has 1 atom stereocenters. The van der Waals surface area contributed by atoms with Crippen LogP contribution in [0.1, 0.15) is 34.2 Å². The van der Waals surface area contributed by atoms with Crippen molar-refractivity contribution in [1.82, 2.24) is 20.0 Å². The maximum Gasteiger partial charge on any atom is 0.255 e. The third-order valence-electron chi connectivity index (χ3n) is 5.24. The Labute approximate surface area is 175 Å². The molecule has 1 amide bonds. The molecule has 3 rings (SSSR count). The lowest BCUT2D eigenvalue weighted by molar-refractivity contribution is 0.0938. The Hall–Kier alpha value is -3.06. The molecule has 7 heteroatoms. The molecule has 30 heavy (non-hydrogen) atoms. The van der Waals surface area contributed by atoms with Gasteiger partial charge in [-0.15, -0.1) is 0 Å². The molecule has 0 aliphatic rings. The van der Waals surface area contributed by atoms with Crippen LogP contribution in [0.5, 0.6) is 0 Å². The van der Waals surface area contributed by atoms with Gasteiger partial charge in [-0.25, -0.2) is 13.5 Å². The van der Waals surface area contributed by atoms with E-state index in [1.165, 1.54) is 22.4 Å². The number of carbonyl (C=O) groups is 1. The molecule has 0 fully saturated rings. The zero-order valence-corrected chi connectivity index (χ0v) is 17.6. The van der Waals surface area contributed by atoms with Gasteiger partial charge in [-0.05, 0) is 45.5 Å². The molecule has 1 unspecified atom stereocenters. The molecule has 0 saturated carbocycles. The van der Waals surface area contributed by atoms with Crippen LogP contribution in [0.15, 0.2) is 48.5 Å². The zero-order valence-electron chi connectivity index (χ0n) is 17.6. The van der Waals surface area contributed by atoms with E-state index < -0.39 is 11.6 Å². The van der Waals surface area contributed by atoms with Crippen LogP contribution in [0.3, 0.4) is 0 Å². The summed E-state index contributed by atoms with van der Waals surface area (Å²) in [6, 6.07) is 13.5. The molecule has 3 aromatic rings. The van der Waals surface area contributed by atoms with E-state index in [1.807, 2.05) is 32.2 Å². The standard InChI is InChI=1S/C23H26F2N4O/c1-15(28(4)14-18-8-6-5-7-9-18)13-26-23(30)22-16(2)27-29(17(22)3)21-11-10-19(24)12-20(21)25/h5-12,15H,13-14H2,1-4H3,(H,26,30). The summed E-state index contributed by atoms with van der Waals surface area (Å²) in [4.78, 5) is 15.0. The molecule has 0 bridgehead atoms. The summed E-state index contributed by atoms with van der Waals surface area (Å²) in [6.07, 6.45) is 0. The van der Waals surface area contributed by atoms with Crippen LogP contribution in [-0.2, 0) is 6.54 Å². The summed E-state index contributed by atoms with van der Waals surface area (Å²) in [7, 11) is 2.01. The highest BCUT2D eigenvalue weighted by molar-refractivity contribution is 5.96. The van der Waals surface area contributed by atoms with Gasteiger partial charge in [0.2, 0.25) is 0 Å². The van der Waals surface area contributed by atoms with Crippen LogP contribution in [0.4, 0.5) is 8.78 Å². The maximum atomic E-state index is 14.2. The zero-order chi connectivity index (χ0) is 21.8. The second kappa shape index (κ2) is 9.17. The SMILES string of the molecule is Cc1nn(-c2ccc(F)cc2F)c(C)c1C(=O)NCC(C)N(C)Cc1ccccc1. The van der Waals surface area contributed by atoms with E-state index in [0.717, 1.165) is 12.6 Å². The van der Waals surface area contributed by atoms with Gasteiger partial charge < -0.3 is 5.32 Å². The van der Waals surface area contributed by atoms with Gasteiger partial charge in [0.15, 0.2) is 5.82 Å². The van der Waals surface area contributed by atoms with Gasteiger partial charge in [0.05, 0.1) is 17.0 Å². The number of nitrogens with zero attached hydrogens (tertiary/aromatic N) is 3. The summed E-state index contributed by atoms with van der Waals surface area (Å²) in [5.74, 6) is -1.66. The normalized spacial score (nSPS) is 12.2. The van der Waals surface area contributed by atoms with E-state index in [4.69, 9.17) is 0 Å². The number of amides is 1. The van der Waals surface area contributed by atoms with E-state index in [1.54, 1.807) is 13.8 Å². The Morgan fingerprint density at radius 2 is 1.87 bits per heavy atom. The number of carbonyl (C=O) groups excluding carboxylic acids is 1. The summed E-state index contributed by atoms with van der Waals surface area (Å²) in [6.45, 7) is 6.67. The summed E-state index contributed by atoms with van der Waals surface area (Å²) < 4.78 is 28.7. The quantitative estimate of drug-likeness (QED) is 0.638. The van der Waals surface area contributed by atoms with E-state index in [2.05, 4.69) is 27.4 Å². The lowest BCUT2D eigenvalue weighted by atomic mass is 10.1. The highest BCUT2D eigenvalue weighted by atomic mass is 19.1. The monoisotopic (exact) mass is 412 g/mol. The topological polar surface area (TPSA) is 50.2 Å². The molecular formula is C23H26F2N4O. The van der Waals surface area contributed by atoms with Gasteiger partial charge in [0, 0.05) is 25.2 Å². The fourth-order valence-corrected chi connectivity index (χ4v) is 3.37. The number of aromatic nitrogens is 2. The molecular weight excluding hydrogens is 386 g/mol. The molecule has 0 saturated heterocycles. The van der Waals surface area contributed by atoms with Crippen molar-refractivity contribution in [2.24, 2.45) is 0 Å². The minimum atomic E-state index is -0.733. The van der Waals surface area contributed by atoms with Crippen molar-refractivity contribution in [3.63, 3.8) is 0 Å². The van der Waals surface area contributed by atoms with Crippen LogP contribution < -0.4 is 5.32 Å². The molecule has 158 valence electrons. The predicted molar refractivity (Wildman–Crippen MR) is 113 cm³/mol. The molecule has 0 aliphatic heterocycles. The number of halogens is 2. The van der Waals surface area contributed by atoms with Crippen LogP contribution in [0.2, 0.25) is 0 Å². The Bertz CT molecular complexity index is 1030. The van der Waals surface area contributed by atoms with E-state index in [0.29, 0.717) is 23.5 Å². The van der Waals surface area contributed by atoms with Crippen molar-refractivity contribution < 1.29 is 13.6 Å². The van der Waals surface area contributed by atoms with Crippen LogP contribution in [-0.4, -0.2) is 40.2 Å². The second-order valence-electron chi connectivity index (χ2n) is 7.51. The fourth-order valence-electron chi connectivity index (χ4n) is 3.37. The lowest BCUT2D eigenvalue weighted by Gasteiger charge is -2.25. The number of benzene rings is 2. The van der Waals surface area contributed by atoms with Crippen molar-refractivity contribution in [1.29, 1.82) is 0 Å². The molecule has 5 nitrogen and oxygen atoms in total. The van der Waals surface area contributed by atoms with Crippen LogP contribution in [0.25, 0.3) is 5.69 Å². The molecule has 1 aromatic heterocycles. The maximum absolute atomic E-state index is 14.2. The first kappa shape index (κ1) is 21.6. The highest BCUT2D eigenvalue weighted by Gasteiger charge is 2.21. The highest BCUT2D eigenvalue weighted by Crippen LogP contribution is 2.21. The number of hydrogen-bond donors (Lipinski definition) is 1. The summed E-state index contributed by atoms with van der Waals surface area (Å²) in [5, 5.41) is 7.24. The van der Waals surface area contributed by atoms with Gasteiger partial charge in [0.25, 0.3) is 5.91 Å². The molecule has 0 aliphatic carbocycles. The van der Waals surface area contributed by atoms with Crippen molar-refractivity contribution >= 4 is 5.91 Å². The van der Waals surface area contributed by atoms with Crippen LogP contribution in [0, 0.1) is 25.5 Å². The van der Waals surface area contributed by atoms with Gasteiger partial charge in [0.1, 0.15) is 11.5 Å². The predicted octanol–water partition coefficient (Wildman–Crippen LogP) is 4.02. The number of likely N-dealkylation sites (N-methyl/N-ethyl adjacent to an activating group) is 1. The Kier molecular flexibility index (Phi) is 6.62. The summed E-state index contributed by atoms with van der Waals surface area (Å²) in [5.41, 5.74) is 2.69. The molecule has 1 heterocycles. The third kappa shape index (κ3) is 4.74. The van der Waals surface area contributed by atoms with Gasteiger partial charge >= 0.3 is 0 Å². The van der Waals surface area contributed by atoms with Gasteiger partial charge in [-0.3, -0.25) is 9.69 Å². The number of rotatable bonds is 7. The molecule has 1 N–H and O–H groups in total. The first-order chi connectivity index (χ1) is 14.3.